The van der Waals surface area contributed by atoms with Crippen LogP contribution in [0, 0.1) is 19.8 Å². The molecule has 3 N–H and O–H groups in total. The van der Waals surface area contributed by atoms with Crippen molar-refractivity contribution in [3.05, 3.63) is 40.8 Å². The smallest absolute Gasteiger partial charge is 0.0370 e. The van der Waals surface area contributed by atoms with E-state index in [1.165, 1.54) is 52.9 Å². The molecule has 1 aliphatic rings. The lowest BCUT2D eigenvalue weighted by Crippen LogP contribution is -2.29. The quantitative estimate of drug-likeness (QED) is 0.837. The second-order valence-corrected chi connectivity index (χ2v) is 7.59. The lowest BCUT2D eigenvalue weighted by Gasteiger charge is -2.26. The fourth-order valence-corrected chi connectivity index (χ4v) is 4.14. The summed E-state index contributed by atoms with van der Waals surface area (Å²) in [6, 6.07) is 9.46. The van der Waals surface area contributed by atoms with Crippen molar-refractivity contribution in [3.63, 3.8) is 0 Å². The molecule has 1 aliphatic carbocycles. The Bertz CT molecular complexity index is 624. The molecule has 0 saturated heterocycles. The van der Waals surface area contributed by atoms with Crippen LogP contribution in [-0.2, 0) is 0 Å². The van der Waals surface area contributed by atoms with Crippen LogP contribution in [0.4, 0.5) is 5.69 Å². The fraction of sp³-hybridized carbons (Fsp3) is 0.474. The van der Waals surface area contributed by atoms with Gasteiger partial charge in [-0.05, 0) is 85.7 Å². The van der Waals surface area contributed by atoms with E-state index < -0.39 is 0 Å². The van der Waals surface area contributed by atoms with Gasteiger partial charge >= 0.3 is 0 Å². The van der Waals surface area contributed by atoms with Crippen molar-refractivity contribution >= 4 is 17.0 Å². The predicted octanol–water partition coefficient (Wildman–Crippen LogP) is 4.96. The molecule has 0 bridgehead atoms. The van der Waals surface area contributed by atoms with E-state index in [4.69, 9.17) is 5.73 Å². The second-order valence-electron chi connectivity index (χ2n) is 6.68. The highest BCUT2D eigenvalue weighted by molar-refractivity contribution is 7.13. The number of benzene rings is 1. The largest absolute Gasteiger partial charge is 0.385 e. The topological polar surface area (TPSA) is 38.0 Å². The van der Waals surface area contributed by atoms with Gasteiger partial charge in [0.2, 0.25) is 0 Å². The molecular formula is C19H26N2S. The molecule has 0 unspecified atom stereocenters. The molecule has 1 aromatic heterocycles. The summed E-state index contributed by atoms with van der Waals surface area (Å²) in [6.07, 6.45) is 4.89. The summed E-state index contributed by atoms with van der Waals surface area (Å²) < 4.78 is 0. The van der Waals surface area contributed by atoms with E-state index in [2.05, 4.69) is 48.8 Å². The Labute approximate surface area is 137 Å². The maximum Gasteiger partial charge on any atom is 0.0370 e. The first kappa shape index (κ1) is 15.6. The van der Waals surface area contributed by atoms with Crippen LogP contribution in [0.2, 0.25) is 0 Å². The lowest BCUT2D eigenvalue weighted by atomic mass is 9.86. The summed E-state index contributed by atoms with van der Waals surface area (Å²) in [5, 5.41) is 5.86. The van der Waals surface area contributed by atoms with E-state index in [1.807, 2.05) is 11.3 Å². The van der Waals surface area contributed by atoms with Crippen molar-refractivity contribution in [2.24, 2.45) is 11.7 Å². The minimum Gasteiger partial charge on any atom is -0.385 e. The molecule has 118 valence electrons. The van der Waals surface area contributed by atoms with Gasteiger partial charge in [-0.3, -0.25) is 0 Å². The number of anilines is 1. The summed E-state index contributed by atoms with van der Waals surface area (Å²) >= 11 is 1.82. The summed E-state index contributed by atoms with van der Waals surface area (Å²) in [5.41, 5.74) is 11.2. The third kappa shape index (κ3) is 3.71. The summed E-state index contributed by atoms with van der Waals surface area (Å²) in [5.74, 6) is 0.777. The summed E-state index contributed by atoms with van der Waals surface area (Å²) in [7, 11) is 0. The van der Waals surface area contributed by atoms with Gasteiger partial charge in [-0.1, -0.05) is 6.07 Å². The Morgan fingerprint density at radius 3 is 2.55 bits per heavy atom. The third-order valence-corrected chi connectivity index (χ3v) is 5.81. The van der Waals surface area contributed by atoms with Crippen molar-refractivity contribution in [3.8, 4) is 10.4 Å². The van der Waals surface area contributed by atoms with Crippen molar-refractivity contribution in [2.75, 3.05) is 11.9 Å². The average molecular weight is 314 g/mol. The first-order chi connectivity index (χ1) is 10.6. The standard InChI is InChI=1S/C19H26N2S/c1-13-9-19(22-12-13)16-5-8-18(14(2)10-16)21-11-15-3-6-17(20)7-4-15/h5,8-10,12,15,17,21H,3-4,6-7,11,20H2,1-2H3. The van der Waals surface area contributed by atoms with Crippen LogP contribution in [0.15, 0.2) is 29.6 Å². The minimum absolute atomic E-state index is 0.437. The number of nitrogens with one attached hydrogen (secondary N) is 1. The Balaban J connectivity index is 1.62. The predicted molar refractivity (Wildman–Crippen MR) is 97.7 cm³/mol. The summed E-state index contributed by atoms with van der Waals surface area (Å²) in [6.45, 7) is 5.42. The van der Waals surface area contributed by atoms with Crippen LogP contribution in [-0.4, -0.2) is 12.6 Å². The van der Waals surface area contributed by atoms with Crippen molar-refractivity contribution in [1.82, 2.24) is 0 Å². The van der Waals surface area contributed by atoms with Crippen molar-refractivity contribution < 1.29 is 0 Å². The minimum atomic E-state index is 0.437. The molecular weight excluding hydrogens is 288 g/mol. The molecule has 0 amide bonds. The van der Waals surface area contributed by atoms with Crippen LogP contribution in [0.3, 0.4) is 0 Å². The van der Waals surface area contributed by atoms with Gasteiger partial charge in [-0.15, -0.1) is 11.3 Å². The van der Waals surface area contributed by atoms with Gasteiger partial charge in [0, 0.05) is 23.2 Å². The molecule has 3 rings (SSSR count). The highest BCUT2D eigenvalue weighted by Gasteiger charge is 2.18. The molecule has 0 spiro atoms. The third-order valence-electron chi connectivity index (χ3n) is 4.71. The van der Waals surface area contributed by atoms with Crippen LogP contribution >= 0.6 is 11.3 Å². The molecule has 2 nitrogen and oxygen atoms in total. The average Bonchev–Trinajstić information content (AvgIpc) is 2.94. The van der Waals surface area contributed by atoms with Gasteiger partial charge in [0.1, 0.15) is 0 Å². The Morgan fingerprint density at radius 1 is 1.14 bits per heavy atom. The monoisotopic (exact) mass is 314 g/mol. The lowest BCUT2D eigenvalue weighted by molar-refractivity contribution is 0.339. The van der Waals surface area contributed by atoms with Crippen molar-refractivity contribution in [2.45, 2.75) is 45.6 Å². The Hall–Kier alpha value is -1.32. The van der Waals surface area contributed by atoms with Gasteiger partial charge in [-0.25, -0.2) is 0 Å². The molecule has 1 saturated carbocycles. The zero-order valence-corrected chi connectivity index (χ0v) is 14.4. The van der Waals surface area contributed by atoms with Crippen molar-refractivity contribution in [1.29, 1.82) is 0 Å². The number of rotatable bonds is 4. The van der Waals surface area contributed by atoms with Crippen LogP contribution in [0.5, 0.6) is 0 Å². The SMILES string of the molecule is Cc1csc(-c2ccc(NCC3CCC(N)CC3)c(C)c2)c1. The molecule has 3 heteroatoms. The molecule has 0 radical (unpaired) electrons. The van der Waals surface area contributed by atoms with E-state index in [1.54, 1.807) is 0 Å². The molecule has 0 atom stereocenters. The number of thiophene rings is 1. The van der Waals surface area contributed by atoms with Crippen LogP contribution in [0.25, 0.3) is 10.4 Å². The maximum absolute atomic E-state index is 5.98. The number of nitrogens with two attached hydrogens (primary N) is 1. The van der Waals surface area contributed by atoms with E-state index in [0.717, 1.165) is 12.5 Å². The molecule has 22 heavy (non-hydrogen) atoms. The van der Waals surface area contributed by atoms with Gasteiger partial charge in [0.25, 0.3) is 0 Å². The number of aryl methyl sites for hydroxylation is 2. The number of hydrogen-bond acceptors (Lipinski definition) is 3. The van der Waals surface area contributed by atoms with E-state index in [0.29, 0.717) is 6.04 Å². The van der Waals surface area contributed by atoms with Gasteiger partial charge in [0.05, 0.1) is 0 Å². The van der Waals surface area contributed by atoms with Gasteiger partial charge in [-0.2, -0.15) is 0 Å². The maximum atomic E-state index is 5.98. The number of hydrogen-bond donors (Lipinski definition) is 2. The first-order valence-corrected chi connectivity index (χ1v) is 9.15. The molecule has 1 fully saturated rings. The zero-order valence-electron chi connectivity index (χ0n) is 13.6. The molecule has 1 aromatic carbocycles. The second kappa shape index (κ2) is 6.84. The molecule has 0 aliphatic heterocycles. The van der Waals surface area contributed by atoms with E-state index in [9.17, 15) is 0 Å². The molecule has 1 heterocycles. The highest BCUT2D eigenvalue weighted by Crippen LogP contribution is 2.30. The first-order valence-electron chi connectivity index (χ1n) is 8.27. The highest BCUT2D eigenvalue weighted by atomic mass is 32.1. The molecule has 2 aromatic rings. The Morgan fingerprint density at radius 2 is 1.91 bits per heavy atom. The van der Waals surface area contributed by atoms with Crippen LogP contribution in [0.1, 0.15) is 36.8 Å². The van der Waals surface area contributed by atoms with Crippen LogP contribution < -0.4 is 11.1 Å². The van der Waals surface area contributed by atoms with E-state index in [-0.39, 0.29) is 0 Å². The summed E-state index contributed by atoms with van der Waals surface area (Å²) in [4.78, 5) is 1.36. The van der Waals surface area contributed by atoms with Gasteiger partial charge in [0.15, 0.2) is 0 Å². The normalized spacial score (nSPS) is 21.8. The van der Waals surface area contributed by atoms with E-state index >= 15 is 0 Å². The zero-order chi connectivity index (χ0) is 15.5. The Kier molecular flexibility index (Phi) is 4.84. The van der Waals surface area contributed by atoms with Gasteiger partial charge < -0.3 is 11.1 Å². The fourth-order valence-electron chi connectivity index (χ4n) is 3.24.